The number of rotatable bonds is 3. The lowest BCUT2D eigenvalue weighted by Crippen LogP contribution is -2.32. The minimum absolute atomic E-state index is 0.228. The number of hydrogen-bond acceptors (Lipinski definition) is 4. The molecular formula is C7H11NO4. The maximum atomic E-state index is 11.2. The summed E-state index contributed by atoms with van der Waals surface area (Å²) in [5, 5.41) is 0. The van der Waals surface area contributed by atoms with E-state index in [9.17, 15) is 9.59 Å². The van der Waals surface area contributed by atoms with Crippen LogP contribution in [0.25, 0.3) is 0 Å². The Kier molecular flexibility index (Phi) is 3.04. The molecule has 2 amide bonds. The van der Waals surface area contributed by atoms with Gasteiger partial charge in [0.1, 0.15) is 6.61 Å². The van der Waals surface area contributed by atoms with Gasteiger partial charge in [-0.2, -0.15) is 0 Å². The Bertz CT molecular complexity index is 192. The summed E-state index contributed by atoms with van der Waals surface area (Å²) in [5.41, 5.74) is 0. The van der Waals surface area contributed by atoms with Crippen molar-refractivity contribution >= 4 is 12.0 Å². The topological polar surface area (TPSA) is 55.8 Å². The second-order valence-corrected chi connectivity index (χ2v) is 2.40. The first-order chi connectivity index (χ1) is 5.75. The van der Waals surface area contributed by atoms with Gasteiger partial charge in [-0.15, -0.1) is 0 Å². The highest BCUT2D eigenvalue weighted by atomic mass is 16.6. The minimum atomic E-state index is -0.545. The van der Waals surface area contributed by atoms with Crippen LogP contribution >= 0.6 is 0 Å². The fourth-order valence-corrected chi connectivity index (χ4v) is 0.944. The number of carbonyl (C=O) groups is 2. The predicted molar refractivity (Wildman–Crippen MR) is 39.6 cm³/mol. The Labute approximate surface area is 70.2 Å². The molecule has 0 bridgehead atoms. The molecule has 0 atom stereocenters. The van der Waals surface area contributed by atoms with Crippen molar-refractivity contribution < 1.29 is 19.1 Å². The zero-order valence-electron chi connectivity index (χ0n) is 6.91. The van der Waals surface area contributed by atoms with Gasteiger partial charge in [0.15, 0.2) is 0 Å². The normalized spacial score (nSPS) is 16.4. The summed E-state index contributed by atoms with van der Waals surface area (Å²) in [6.45, 7) is 1.00. The number of ether oxygens (including phenoxy) is 2. The van der Waals surface area contributed by atoms with Crippen LogP contribution in [0.1, 0.15) is 6.42 Å². The summed E-state index contributed by atoms with van der Waals surface area (Å²) in [7, 11) is 1.51. The van der Waals surface area contributed by atoms with E-state index in [1.54, 1.807) is 0 Å². The van der Waals surface area contributed by atoms with Crippen LogP contribution in [0, 0.1) is 0 Å². The molecule has 0 N–H and O–H groups in total. The highest BCUT2D eigenvalue weighted by Crippen LogP contribution is 2.04. The number of amides is 2. The Hall–Kier alpha value is -1.10. The standard InChI is InChI=1S/C7H11NO4/c1-11-4-2-6(9)8-3-5-12-7(8)10/h2-5H2,1H3. The predicted octanol–water partition coefficient (Wildman–Crippen LogP) is 0.00170. The van der Waals surface area contributed by atoms with E-state index in [0.717, 1.165) is 4.90 Å². The molecule has 0 saturated carbocycles. The molecule has 0 aromatic heterocycles. The fourth-order valence-electron chi connectivity index (χ4n) is 0.944. The van der Waals surface area contributed by atoms with Crippen molar-refractivity contribution in [2.24, 2.45) is 0 Å². The molecule has 5 nitrogen and oxygen atoms in total. The van der Waals surface area contributed by atoms with Crippen molar-refractivity contribution in [3.05, 3.63) is 0 Å². The second kappa shape index (κ2) is 4.06. The van der Waals surface area contributed by atoms with Gasteiger partial charge < -0.3 is 9.47 Å². The summed E-state index contributed by atoms with van der Waals surface area (Å²) in [4.78, 5) is 23.1. The van der Waals surface area contributed by atoms with Gasteiger partial charge in [0, 0.05) is 7.11 Å². The van der Waals surface area contributed by atoms with Crippen LogP contribution in [-0.4, -0.2) is 43.8 Å². The molecular weight excluding hydrogens is 162 g/mol. The van der Waals surface area contributed by atoms with Crippen LogP contribution < -0.4 is 0 Å². The summed E-state index contributed by atoms with van der Waals surface area (Å²) in [5.74, 6) is -0.237. The molecule has 0 unspecified atom stereocenters. The second-order valence-electron chi connectivity index (χ2n) is 2.40. The maximum absolute atomic E-state index is 11.2. The van der Waals surface area contributed by atoms with Crippen LogP contribution in [0.3, 0.4) is 0 Å². The lowest BCUT2D eigenvalue weighted by atomic mass is 10.4. The lowest BCUT2D eigenvalue weighted by molar-refractivity contribution is -0.128. The first-order valence-corrected chi connectivity index (χ1v) is 3.71. The molecule has 1 fully saturated rings. The van der Waals surface area contributed by atoms with Crippen molar-refractivity contribution in [3.63, 3.8) is 0 Å². The van der Waals surface area contributed by atoms with E-state index < -0.39 is 6.09 Å². The maximum Gasteiger partial charge on any atom is 0.416 e. The van der Waals surface area contributed by atoms with Gasteiger partial charge in [0.2, 0.25) is 5.91 Å². The van der Waals surface area contributed by atoms with Crippen LogP contribution in [0.5, 0.6) is 0 Å². The number of hydrogen-bond donors (Lipinski definition) is 0. The zero-order valence-corrected chi connectivity index (χ0v) is 6.91. The van der Waals surface area contributed by atoms with Crippen LogP contribution in [-0.2, 0) is 14.3 Å². The van der Waals surface area contributed by atoms with Crippen LogP contribution in [0.4, 0.5) is 4.79 Å². The first kappa shape index (κ1) is 8.99. The summed E-state index contributed by atoms with van der Waals surface area (Å²) < 4.78 is 9.30. The van der Waals surface area contributed by atoms with Crippen molar-refractivity contribution in [2.45, 2.75) is 6.42 Å². The number of methoxy groups -OCH3 is 1. The molecule has 0 radical (unpaired) electrons. The molecule has 1 aliphatic rings. The monoisotopic (exact) mass is 173 g/mol. The first-order valence-electron chi connectivity index (χ1n) is 3.71. The van der Waals surface area contributed by atoms with Gasteiger partial charge in [-0.3, -0.25) is 4.79 Å². The quantitative estimate of drug-likeness (QED) is 0.602. The number of carbonyl (C=O) groups excluding carboxylic acids is 2. The van der Waals surface area contributed by atoms with E-state index in [1.807, 2.05) is 0 Å². The molecule has 1 heterocycles. The third-order valence-electron chi connectivity index (χ3n) is 1.58. The van der Waals surface area contributed by atoms with Gasteiger partial charge in [0.05, 0.1) is 19.6 Å². The molecule has 12 heavy (non-hydrogen) atoms. The Morgan fingerprint density at radius 3 is 3.00 bits per heavy atom. The van der Waals surface area contributed by atoms with Gasteiger partial charge in [-0.05, 0) is 0 Å². The van der Waals surface area contributed by atoms with Gasteiger partial charge >= 0.3 is 6.09 Å². The van der Waals surface area contributed by atoms with E-state index >= 15 is 0 Å². The van der Waals surface area contributed by atoms with E-state index in [-0.39, 0.29) is 12.3 Å². The van der Waals surface area contributed by atoms with E-state index in [4.69, 9.17) is 4.74 Å². The Morgan fingerprint density at radius 2 is 2.50 bits per heavy atom. The highest BCUT2D eigenvalue weighted by Gasteiger charge is 2.27. The van der Waals surface area contributed by atoms with Crippen molar-refractivity contribution in [1.29, 1.82) is 0 Å². The highest BCUT2D eigenvalue weighted by molar-refractivity contribution is 5.92. The van der Waals surface area contributed by atoms with E-state index in [0.29, 0.717) is 19.8 Å². The van der Waals surface area contributed by atoms with Gasteiger partial charge in [-0.1, -0.05) is 0 Å². The molecule has 5 heteroatoms. The summed E-state index contributed by atoms with van der Waals surface area (Å²) in [6, 6.07) is 0. The fraction of sp³-hybridized carbons (Fsp3) is 0.714. The minimum Gasteiger partial charge on any atom is -0.447 e. The lowest BCUT2D eigenvalue weighted by Gasteiger charge is -2.09. The largest absolute Gasteiger partial charge is 0.447 e. The SMILES string of the molecule is COCCC(=O)N1CCOC1=O. The Morgan fingerprint density at radius 1 is 1.75 bits per heavy atom. The molecule has 0 aromatic rings. The molecule has 0 aliphatic carbocycles. The van der Waals surface area contributed by atoms with Crippen molar-refractivity contribution in [1.82, 2.24) is 4.90 Å². The van der Waals surface area contributed by atoms with E-state index in [1.165, 1.54) is 7.11 Å². The Balaban J connectivity index is 2.36. The summed E-state index contributed by atoms with van der Waals surface area (Å²) >= 11 is 0. The smallest absolute Gasteiger partial charge is 0.416 e. The zero-order chi connectivity index (χ0) is 8.97. The average molecular weight is 173 g/mol. The summed E-state index contributed by atoms with van der Waals surface area (Å²) in [6.07, 6.45) is -0.317. The molecule has 0 aromatic carbocycles. The average Bonchev–Trinajstić information content (AvgIpc) is 2.47. The molecule has 0 spiro atoms. The van der Waals surface area contributed by atoms with Crippen LogP contribution in [0.15, 0.2) is 0 Å². The van der Waals surface area contributed by atoms with Crippen molar-refractivity contribution in [3.8, 4) is 0 Å². The molecule has 1 rings (SSSR count). The third kappa shape index (κ3) is 1.94. The van der Waals surface area contributed by atoms with Gasteiger partial charge in [0.25, 0.3) is 0 Å². The molecule has 1 saturated heterocycles. The van der Waals surface area contributed by atoms with Crippen molar-refractivity contribution in [2.75, 3.05) is 26.9 Å². The molecule has 1 aliphatic heterocycles. The molecule has 68 valence electrons. The van der Waals surface area contributed by atoms with Gasteiger partial charge in [-0.25, -0.2) is 9.69 Å². The third-order valence-corrected chi connectivity index (χ3v) is 1.58. The van der Waals surface area contributed by atoms with E-state index in [2.05, 4.69) is 4.74 Å². The number of imide groups is 1. The number of cyclic esters (lactones) is 1. The number of nitrogens with zero attached hydrogens (tertiary/aromatic N) is 1. The van der Waals surface area contributed by atoms with Crippen LogP contribution in [0.2, 0.25) is 0 Å².